The minimum Gasteiger partial charge on any atom is -0.355 e. The molecule has 0 aliphatic carbocycles. The molecule has 0 radical (unpaired) electrons. The highest BCUT2D eigenvalue weighted by atomic mass is 79.9. The minimum atomic E-state index is -3.56. The fourth-order valence-corrected chi connectivity index (χ4v) is 6.17. The highest BCUT2D eigenvalue weighted by molar-refractivity contribution is 9.10. The number of amides is 2. The predicted octanol–water partition coefficient (Wildman–Crippen LogP) is 5.39. The monoisotopic (exact) mass is 627 g/mol. The molecule has 0 fully saturated rings. The minimum absolute atomic E-state index is 0.0928. The van der Waals surface area contributed by atoms with Crippen molar-refractivity contribution in [3.63, 3.8) is 0 Å². The number of sulfonamides is 1. The maximum absolute atomic E-state index is 13.8. The van der Waals surface area contributed by atoms with Crippen molar-refractivity contribution in [3.05, 3.63) is 99.5 Å². The zero-order valence-electron chi connectivity index (χ0n) is 23.6. The van der Waals surface area contributed by atoms with Crippen LogP contribution in [0, 0.1) is 13.8 Å². The Bertz CT molecular complexity index is 1390. The number of rotatable bonds is 13. The van der Waals surface area contributed by atoms with E-state index in [0.29, 0.717) is 25.1 Å². The Balaban J connectivity index is 1.87. The number of benzene rings is 3. The van der Waals surface area contributed by atoms with Crippen LogP contribution in [0.1, 0.15) is 42.0 Å². The molecule has 0 heterocycles. The van der Waals surface area contributed by atoms with Gasteiger partial charge in [-0.1, -0.05) is 64.5 Å². The van der Waals surface area contributed by atoms with Gasteiger partial charge >= 0.3 is 0 Å². The van der Waals surface area contributed by atoms with Gasteiger partial charge in [-0.15, -0.1) is 0 Å². The number of anilines is 1. The molecule has 2 amide bonds. The first-order valence-corrected chi connectivity index (χ1v) is 16.0. The zero-order valence-corrected chi connectivity index (χ0v) is 26.0. The molecule has 1 N–H and O–H groups in total. The van der Waals surface area contributed by atoms with Gasteiger partial charge in [0.2, 0.25) is 21.8 Å². The first kappa shape index (κ1) is 31.4. The third kappa shape index (κ3) is 9.20. The van der Waals surface area contributed by atoms with Crippen LogP contribution in [0.3, 0.4) is 0 Å². The molecule has 40 heavy (non-hydrogen) atoms. The average molecular weight is 629 g/mol. The smallest absolute Gasteiger partial charge is 0.243 e. The highest BCUT2D eigenvalue weighted by Gasteiger charge is 2.30. The van der Waals surface area contributed by atoms with Crippen molar-refractivity contribution >= 4 is 43.5 Å². The van der Waals surface area contributed by atoms with Crippen molar-refractivity contribution in [2.75, 3.05) is 23.7 Å². The summed E-state index contributed by atoms with van der Waals surface area (Å²) in [6.45, 7) is 6.55. The molecule has 9 heteroatoms. The Kier molecular flexibility index (Phi) is 11.3. The molecule has 0 saturated heterocycles. The summed E-state index contributed by atoms with van der Waals surface area (Å²) in [5.74, 6) is -0.427. The molecule has 214 valence electrons. The predicted molar refractivity (Wildman–Crippen MR) is 165 cm³/mol. The van der Waals surface area contributed by atoms with Crippen LogP contribution >= 0.6 is 15.9 Å². The molecule has 0 aromatic heterocycles. The van der Waals surface area contributed by atoms with Gasteiger partial charge in [-0.05, 0) is 73.7 Å². The fourth-order valence-electron chi connectivity index (χ4n) is 4.78. The molecule has 3 aromatic rings. The number of hydrogen-bond acceptors (Lipinski definition) is 4. The second-order valence-electron chi connectivity index (χ2n) is 10.0. The molecule has 0 unspecified atom stereocenters. The molecule has 0 bridgehead atoms. The van der Waals surface area contributed by atoms with Crippen LogP contribution in [0.15, 0.2) is 77.3 Å². The average Bonchev–Trinajstić information content (AvgIpc) is 2.88. The Morgan fingerprint density at radius 1 is 0.925 bits per heavy atom. The topological polar surface area (TPSA) is 86.8 Å². The van der Waals surface area contributed by atoms with Gasteiger partial charge in [0.25, 0.3) is 0 Å². The maximum Gasteiger partial charge on any atom is 0.243 e. The Morgan fingerprint density at radius 2 is 1.57 bits per heavy atom. The number of carbonyl (C=O) groups is 2. The standard InChI is InChI=1S/C31H38BrN3O4S/c1-5-33-31(37)29(21-25-11-7-6-8-12-25)34(22-26-13-9-14-27(32)20-26)30(36)15-10-16-35(40(4,38)39)28-18-23(2)17-24(3)19-28/h6-9,11-14,17-20,29H,5,10,15-16,21-22H2,1-4H3,(H,33,37)/t29-/m1/s1. The number of hydrogen-bond donors (Lipinski definition) is 1. The maximum atomic E-state index is 13.8. The van der Waals surface area contributed by atoms with E-state index in [1.165, 1.54) is 10.6 Å². The molecule has 7 nitrogen and oxygen atoms in total. The number of nitrogens with one attached hydrogen (secondary N) is 1. The molecular formula is C31H38BrN3O4S. The fraction of sp³-hybridized carbons (Fsp3) is 0.355. The van der Waals surface area contributed by atoms with E-state index in [2.05, 4.69) is 21.2 Å². The van der Waals surface area contributed by atoms with Crippen LogP contribution in [-0.2, 0) is 32.6 Å². The van der Waals surface area contributed by atoms with Gasteiger partial charge in [-0.2, -0.15) is 0 Å². The van der Waals surface area contributed by atoms with E-state index in [-0.39, 0.29) is 31.3 Å². The number of carbonyl (C=O) groups excluding carboxylic acids is 2. The van der Waals surface area contributed by atoms with Crippen LogP contribution in [0.25, 0.3) is 0 Å². The quantitative estimate of drug-likeness (QED) is 0.275. The molecule has 0 aliphatic heterocycles. The van der Waals surface area contributed by atoms with Crippen molar-refractivity contribution in [2.45, 2.75) is 52.6 Å². The normalized spacial score (nSPS) is 12.0. The molecule has 0 spiro atoms. The number of halogens is 1. The zero-order chi connectivity index (χ0) is 29.3. The first-order valence-electron chi connectivity index (χ1n) is 13.4. The van der Waals surface area contributed by atoms with Crippen molar-refractivity contribution in [1.82, 2.24) is 10.2 Å². The summed E-state index contributed by atoms with van der Waals surface area (Å²) in [6.07, 6.45) is 1.94. The Hall–Kier alpha value is -3.17. The van der Waals surface area contributed by atoms with E-state index in [4.69, 9.17) is 0 Å². The lowest BCUT2D eigenvalue weighted by atomic mass is 10.0. The van der Waals surface area contributed by atoms with Crippen molar-refractivity contribution < 1.29 is 18.0 Å². The third-order valence-electron chi connectivity index (χ3n) is 6.51. The summed E-state index contributed by atoms with van der Waals surface area (Å²) in [5, 5.41) is 2.90. The van der Waals surface area contributed by atoms with Gasteiger partial charge in [0.05, 0.1) is 11.9 Å². The Morgan fingerprint density at radius 3 is 2.17 bits per heavy atom. The molecule has 3 rings (SSSR count). The van der Waals surface area contributed by atoms with Crippen LogP contribution in [0.5, 0.6) is 0 Å². The molecule has 3 aromatic carbocycles. The van der Waals surface area contributed by atoms with Crippen LogP contribution in [0.2, 0.25) is 0 Å². The summed E-state index contributed by atoms with van der Waals surface area (Å²) in [5.41, 5.74) is 4.35. The summed E-state index contributed by atoms with van der Waals surface area (Å²) in [4.78, 5) is 28.8. The second kappa shape index (κ2) is 14.5. The van der Waals surface area contributed by atoms with E-state index in [0.717, 1.165) is 26.7 Å². The Labute approximate surface area is 246 Å². The van der Waals surface area contributed by atoms with Gasteiger partial charge in [0.1, 0.15) is 6.04 Å². The van der Waals surface area contributed by atoms with E-state index >= 15 is 0 Å². The molecule has 1 atom stereocenters. The summed E-state index contributed by atoms with van der Waals surface area (Å²) in [7, 11) is -3.56. The highest BCUT2D eigenvalue weighted by Crippen LogP contribution is 2.23. The number of aryl methyl sites for hydroxylation is 2. The van der Waals surface area contributed by atoms with E-state index in [9.17, 15) is 18.0 Å². The van der Waals surface area contributed by atoms with Gasteiger partial charge in [0.15, 0.2) is 0 Å². The van der Waals surface area contributed by atoms with E-state index in [1.54, 1.807) is 4.90 Å². The van der Waals surface area contributed by atoms with Gasteiger partial charge in [-0.3, -0.25) is 13.9 Å². The van der Waals surface area contributed by atoms with Crippen molar-refractivity contribution in [3.8, 4) is 0 Å². The molecule has 0 aliphatic rings. The summed E-state index contributed by atoms with van der Waals surface area (Å²) >= 11 is 3.50. The van der Waals surface area contributed by atoms with Gasteiger partial charge in [-0.25, -0.2) is 8.42 Å². The first-order chi connectivity index (χ1) is 19.0. The lowest BCUT2D eigenvalue weighted by Gasteiger charge is -2.32. The largest absolute Gasteiger partial charge is 0.355 e. The van der Waals surface area contributed by atoms with Gasteiger partial charge in [0, 0.05) is 36.9 Å². The van der Waals surface area contributed by atoms with Crippen LogP contribution in [-0.4, -0.2) is 50.5 Å². The molecular weight excluding hydrogens is 590 g/mol. The lowest BCUT2D eigenvalue weighted by molar-refractivity contribution is -0.141. The van der Waals surface area contributed by atoms with E-state index in [1.807, 2.05) is 93.6 Å². The summed E-state index contributed by atoms with van der Waals surface area (Å²) < 4.78 is 27.6. The van der Waals surface area contributed by atoms with Crippen molar-refractivity contribution in [2.24, 2.45) is 0 Å². The van der Waals surface area contributed by atoms with E-state index < -0.39 is 16.1 Å². The second-order valence-corrected chi connectivity index (χ2v) is 12.9. The lowest BCUT2D eigenvalue weighted by Crippen LogP contribution is -2.50. The van der Waals surface area contributed by atoms with Crippen LogP contribution < -0.4 is 9.62 Å². The van der Waals surface area contributed by atoms with Crippen molar-refractivity contribution in [1.29, 1.82) is 0 Å². The number of likely N-dealkylation sites (N-methyl/N-ethyl adjacent to an activating group) is 1. The molecule has 0 saturated carbocycles. The van der Waals surface area contributed by atoms with Crippen LogP contribution in [0.4, 0.5) is 5.69 Å². The summed E-state index contributed by atoms with van der Waals surface area (Å²) in [6, 6.07) is 22.2. The number of nitrogens with zero attached hydrogens (tertiary/aromatic N) is 2. The van der Waals surface area contributed by atoms with Gasteiger partial charge < -0.3 is 10.2 Å². The SMILES string of the molecule is CCNC(=O)[C@@H](Cc1ccccc1)N(Cc1cccc(Br)c1)C(=O)CCCN(c1cc(C)cc(C)c1)S(C)(=O)=O. The third-order valence-corrected chi connectivity index (χ3v) is 8.20.